The Morgan fingerprint density at radius 1 is 1.00 bits per heavy atom. The van der Waals surface area contributed by atoms with Gasteiger partial charge in [-0.15, -0.1) is 0 Å². The Bertz CT molecular complexity index is 728. The minimum absolute atomic E-state index is 0.538. The number of para-hydroxylation sites is 2. The molecule has 0 aliphatic carbocycles. The SMILES string of the molecule is COc1ccccc1N1CCN(/N=C\c2cccc(Cl)c2Cl)CC1. The second-order valence-electron chi connectivity index (χ2n) is 5.50. The van der Waals surface area contributed by atoms with Crippen LogP contribution in [0.15, 0.2) is 47.6 Å². The first-order chi connectivity index (χ1) is 11.7. The number of nitrogens with zero attached hydrogens (tertiary/aromatic N) is 3. The largest absolute Gasteiger partial charge is 0.495 e. The highest BCUT2D eigenvalue weighted by atomic mass is 35.5. The summed E-state index contributed by atoms with van der Waals surface area (Å²) in [5, 5.41) is 7.66. The molecular weight excluding hydrogens is 345 g/mol. The van der Waals surface area contributed by atoms with Gasteiger partial charge in [0.1, 0.15) is 5.75 Å². The van der Waals surface area contributed by atoms with E-state index >= 15 is 0 Å². The molecule has 0 unspecified atom stereocenters. The molecule has 24 heavy (non-hydrogen) atoms. The maximum absolute atomic E-state index is 6.18. The number of rotatable bonds is 4. The fourth-order valence-corrected chi connectivity index (χ4v) is 3.06. The Kier molecular flexibility index (Phi) is 5.48. The van der Waals surface area contributed by atoms with Gasteiger partial charge in [-0.05, 0) is 18.2 Å². The molecule has 3 rings (SSSR count). The van der Waals surface area contributed by atoms with Gasteiger partial charge in [0.25, 0.3) is 0 Å². The highest BCUT2D eigenvalue weighted by Gasteiger charge is 2.18. The lowest BCUT2D eigenvalue weighted by molar-refractivity contribution is 0.271. The topological polar surface area (TPSA) is 28.1 Å². The molecule has 1 saturated heterocycles. The van der Waals surface area contributed by atoms with Crippen molar-refractivity contribution in [1.29, 1.82) is 0 Å². The third-order valence-corrected chi connectivity index (χ3v) is 4.86. The van der Waals surface area contributed by atoms with E-state index in [-0.39, 0.29) is 0 Å². The van der Waals surface area contributed by atoms with E-state index < -0.39 is 0 Å². The van der Waals surface area contributed by atoms with Gasteiger partial charge in [0.15, 0.2) is 0 Å². The molecule has 0 radical (unpaired) electrons. The Labute approximate surface area is 152 Å². The van der Waals surface area contributed by atoms with Crippen molar-refractivity contribution in [3.05, 3.63) is 58.1 Å². The number of halogens is 2. The van der Waals surface area contributed by atoms with E-state index in [2.05, 4.69) is 16.1 Å². The number of hydrogen-bond donors (Lipinski definition) is 0. The minimum Gasteiger partial charge on any atom is -0.495 e. The number of hydrogen-bond acceptors (Lipinski definition) is 4. The van der Waals surface area contributed by atoms with Crippen LogP contribution in [0, 0.1) is 0 Å². The van der Waals surface area contributed by atoms with Gasteiger partial charge in [-0.25, -0.2) is 0 Å². The second-order valence-corrected chi connectivity index (χ2v) is 6.29. The monoisotopic (exact) mass is 363 g/mol. The molecule has 0 bridgehead atoms. The van der Waals surface area contributed by atoms with E-state index in [0.717, 1.165) is 43.2 Å². The van der Waals surface area contributed by atoms with E-state index in [1.165, 1.54) is 0 Å². The lowest BCUT2D eigenvalue weighted by Crippen LogP contribution is -2.44. The smallest absolute Gasteiger partial charge is 0.142 e. The summed E-state index contributed by atoms with van der Waals surface area (Å²) in [5.41, 5.74) is 1.96. The molecule has 1 aliphatic heterocycles. The van der Waals surface area contributed by atoms with Crippen LogP contribution in [0.2, 0.25) is 10.0 Å². The minimum atomic E-state index is 0.538. The van der Waals surface area contributed by atoms with Crippen LogP contribution in [-0.4, -0.2) is 44.5 Å². The standard InChI is InChI=1S/C18H19Cl2N3O/c1-24-17-8-3-2-7-16(17)22-9-11-23(12-10-22)21-13-14-5-4-6-15(19)18(14)20/h2-8,13H,9-12H2,1H3/b21-13-. The average Bonchev–Trinajstić information content (AvgIpc) is 2.63. The van der Waals surface area contributed by atoms with E-state index in [9.17, 15) is 0 Å². The average molecular weight is 364 g/mol. The molecule has 0 amide bonds. The molecule has 2 aromatic carbocycles. The highest BCUT2D eigenvalue weighted by Crippen LogP contribution is 2.28. The first kappa shape index (κ1) is 16.9. The third kappa shape index (κ3) is 3.77. The van der Waals surface area contributed by atoms with Crippen molar-refractivity contribution in [2.75, 3.05) is 38.2 Å². The summed E-state index contributed by atoms with van der Waals surface area (Å²) >= 11 is 12.2. The van der Waals surface area contributed by atoms with Gasteiger partial charge in [-0.3, -0.25) is 5.01 Å². The summed E-state index contributed by atoms with van der Waals surface area (Å²) in [4.78, 5) is 2.32. The van der Waals surface area contributed by atoms with Crippen LogP contribution in [0.1, 0.15) is 5.56 Å². The lowest BCUT2D eigenvalue weighted by Gasteiger charge is -2.35. The molecule has 6 heteroatoms. The molecule has 0 N–H and O–H groups in total. The van der Waals surface area contributed by atoms with Crippen molar-refractivity contribution in [3.63, 3.8) is 0 Å². The lowest BCUT2D eigenvalue weighted by atomic mass is 10.2. The molecule has 0 aromatic heterocycles. The van der Waals surface area contributed by atoms with Gasteiger partial charge < -0.3 is 9.64 Å². The van der Waals surface area contributed by atoms with Crippen LogP contribution < -0.4 is 9.64 Å². The molecule has 4 nitrogen and oxygen atoms in total. The normalized spacial score (nSPS) is 15.1. The second kappa shape index (κ2) is 7.77. The number of methoxy groups -OCH3 is 1. The fourth-order valence-electron chi connectivity index (χ4n) is 2.71. The number of hydrazone groups is 1. The first-order valence-electron chi connectivity index (χ1n) is 7.80. The van der Waals surface area contributed by atoms with E-state index in [1.54, 1.807) is 19.4 Å². The maximum atomic E-state index is 6.18. The maximum Gasteiger partial charge on any atom is 0.142 e. The Balaban J connectivity index is 1.63. The van der Waals surface area contributed by atoms with Crippen molar-refractivity contribution >= 4 is 35.1 Å². The number of piperazine rings is 1. The van der Waals surface area contributed by atoms with E-state index in [0.29, 0.717) is 10.0 Å². The van der Waals surface area contributed by atoms with Gasteiger partial charge in [0.2, 0.25) is 0 Å². The van der Waals surface area contributed by atoms with Crippen molar-refractivity contribution in [2.24, 2.45) is 5.10 Å². The Hall–Kier alpha value is -1.91. The highest BCUT2D eigenvalue weighted by molar-refractivity contribution is 6.43. The van der Waals surface area contributed by atoms with Crippen molar-refractivity contribution in [2.45, 2.75) is 0 Å². The molecule has 0 saturated carbocycles. The summed E-state index contributed by atoms with van der Waals surface area (Å²) in [7, 11) is 1.70. The summed E-state index contributed by atoms with van der Waals surface area (Å²) in [6.45, 7) is 3.46. The van der Waals surface area contributed by atoms with Gasteiger partial charge in [-0.2, -0.15) is 5.10 Å². The Morgan fingerprint density at radius 2 is 1.75 bits per heavy atom. The van der Waals surface area contributed by atoms with Crippen LogP contribution in [-0.2, 0) is 0 Å². The van der Waals surface area contributed by atoms with Crippen LogP contribution in [0.3, 0.4) is 0 Å². The van der Waals surface area contributed by atoms with Gasteiger partial charge in [0, 0.05) is 18.7 Å². The van der Waals surface area contributed by atoms with Gasteiger partial charge in [0.05, 0.1) is 42.1 Å². The predicted molar refractivity (Wildman–Crippen MR) is 101 cm³/mol. The number of ether oxygens (including phenoxy) is 1. The number of benzene rings is 2. The third-order valence-electron chi connectivity index (χ3n) is 4.02. The number of anilines is 1. The zero-order chi connectivity index (χ0) is 16.9. The summed E-state index contributed by atoms with van der Waals surface area (Å²) in [6, 6.07) is 13.6. The molecule has 1 aliphatic rings. The summed E-state index contributed by atoms with van der Waals surface area (Å²) in [6.07, 6.45) is 1.77. The van der Waals surface area contributed by atoms with Gasteiger partial charge >= 0.3 is 0 Å². The van der Waals surface area contributed by atoms with Crippen molar-refractivity contribution < 1.29 is 4.74 Å². The van der Waals surface area contributed by atoms with Crippen LogP contribution in [0.4, 0.5) is 5.69 Å². The Morgan fingerprint density at radius 3 is 2.50 bits per heavy atom. The van der Waals surface area contributed by atoms with Crippen LogP contribution in [0.25, 0.3) is 0 Å². The summed E-state index contributed by atoms with van der Waals surface area (Å²) in [5.74, 6) is 0.903. The molecule has 126 valence electrons. The molecule has 0 atom stereocenters. The van der Waals surface area contributed by atoms with Crippen LogP contribution >= 0.6 is 23.2 Å². The summed E-state index contributed by atoms with van der Waals surface area (Å²) < 4.78 is 5.44. The van der Waals surface area contributed by atoms with Crippen molar-refractivity contribution in [1.82, 2.24) is 5.01 Å². The molecule has 2 aromatic rings. The fraction of sp³-hybridized carbons (Fsp3) is 0.278. The van der Waals surface area contributed by atoms with E-state index in [4.69, 9.17) is 27.9 Å². The molecule has 0 spiro atoms. The molecule has 1 fully saturated rings. The zero-order valence-corrected chi connectivity index (χ0v) is 15.0. The van der Waals surface area contributed by atoms with Crippen molar-refractivity contribution in [3.8, 4) is 5.75 Å². The molecular formula is C18H19Cl2N3O. The van der Waals surface area contributed by atoms with Crippen LogP contribution in [0.5, 0.6) is 5.75 Å². The quantitative estimate of drug-likeness (QED) is 0.763. The first-order valence-corrected chi connectivity index (χ1v) is 8.55. The predicted octanol–water partition coefficient (Wildman–Crippen LogP) is 4.16. The van der Waals surface area contributed by atoms with E-state index in [1.807, 2.05) is 35.3 Å². The molecule has 1 heterocycles. The van der Waals surface area contributed by atoms with Gasteiger partial charge in [-0.1, -0.05) is 47.5 Å². The zero-order valence-electron chi connectivity index (χ0n) is 13.5.